The van der Waals surface area contributed by atoms with Gasteiger partial charge in [0.25, 0.3) is 0 Å². The molecule has 2 aromatic carbocycles. The molecule has 0 radical (unpaired) electrons. The minimum absolute atomic E-state index is 0.0512. The van der Waals surface area contributed by atoms with Crippen molar-refractivity contribution in [2.45, 2.75) is 11.4 Å². The number of hydrogen-bond donors (Lipinski definition) is 0. The second-order valence-electron chi connectivity index (χ2n) is 6.84. The zero-order valence-electron chi connectivity index (χ0n) is 16.9. The van der Waals surface area contributed by atoms with E-state index in [4.69, 9.17) is 4.74 Å². The number of fused-ring (bicyclic) bond motifs is 1. The minimum Gasteiger partial charge on any atom is -0.497 e. The summed E-state index contributed by atoms with van der Waals surface area (Å²) in [6.45, 7) is 0.0512. The molecule has 0 unspecified atom stereocenters. The van der Waals surface area contributed by atoms with Crippen LogP contribution < -0.4 is 9.64 Å². The largest absolute Gasteiger partial charge is 0.497 e. The smallest absolute Gasteiger partial charge is 0.244 e. The second kappa shape index (κ2) is 9.01. The Bertz CT molecular complexity index is 1360. The highest BCUT2D eigenvalue weighted by Crippen LogP contribution is 2.32. The van der Waals surface area contributed by atoms with Gasteiger partial charge in [0.05, 0.1) is 34.5 Å². The van der Waals surface area contributed by atoms with Crippen LogP contribution in [0.2, 0.25) is 0 Å². The van der Waals surface area contributed by atoms with Gasteiger partial charge in [0.1, 0.15) is 17.3 Å². The molecule has 0 atom stereocenters. The monoisotopic (exact) mass is 471 g/mol. The SMILES string of the molecule is COc1ccc2sc(N(Cc3ccccn3)C(=O)CS(=O)(=O)c3ccc(F)cc3)nc2c1. The first-order valence-corrected chi connectivity index (χ1v) is 12.0. The third-order valence-electron chi connectivity index (χ3n) is 4.65. The van der Waals surface area contributed by atoms with Crippen LogP contribution in [0, 0.1) is 5.82 Å². The highest BCUT2D eigenvalue weighted by Gasteiger charge is 2.27. The summed E-state index contributed by atoms with van der Waals surface area (Å²) in [5.74, 6) is -1.39. The third kappa shape index (κ3) is 4.76. The number of rotatable bonds is 7. The van der Waals surface area contributed by atoms with E-state index in [9.17, 15) is 17.6 Å². The van der Waals surface area contributed by atoms with Crippen LogP contribution in [0.4, 0.5) is 9.52 Å². The molecule has 0 N–H and O–H groups in total. The van der Waals surface area contributed by atoms with Crippen molar-refractivity contribution >= 4 is 42.4 Å². The highest BCUT2D eigenvalue weighted by molar-refractivity contribution is 7.92. The highest BCUT2D eigenvalue weighted by atomic mass is 32.2. The summed E-state index contributed by atoms with van der Waals surface area (Å²) >= 11 is 1.26. The lowest BCUT2D eigenvalue weighted by Gasteiger charge is -2.19. The average Bonchev–Trinajstić information content (AvgIpc) is 3.21. The second-order valence-corrected chi connectivity index (χ2v) is 9.84. The molecule has 0 saturated heterocycles. The summed E-state index contributed by atoms with van der Waals surface area (Å²) in [4.78, 5) is 23.1. The number of pyridine rings is 1. The third-order valence-corrected chi connectivity index (χ3v) is 7.32. The molecular formula is C22H18FN3O4S2. The number of methoxy groups -OCH3 is 1. The first kappa shape index (κ1) is 21.8. The molecule has 0 aliphatic rings. The van der Waals surface area contributed by atoms with Crippen molar-refractivity contribution in [3.63, 3.8) is 0 Å². The van der Waals surface area contributed by atoms with Crippen molar-refractivity contribution in [2.75, 3.05) is 17.8 Å². The van der Waals surface area contributed by atoms with Crippen molar-refractivity contribution in [2.24, 2.45) is 0 Å². The van der Waals surface area contributed by atoms with Crippen LogP contribution >= 0.6 is 11.3 Å². The van der Waals surface area contributed by atoms with Gasteiger partial charge in [0.2, 0.25) is 5.91 Å². The first-order chi connectivity index (χ1) is 15.4. The Kier molecular flexibility index (Phi) is 6.15. The van der Waals surface area contributed by atoms with Crippen LogP contribution in [-0.4, -0.2) is 37.2 Å². The lowest BCUT2D eigenvalue weighted by molar-refractivity contribution is -0.116. The number of hydrogen-bond acceptors (Lipinski definition) is 7. The number of carbonyl (C=O) groups excluding carboxylic acids is 1. The van der Waals surface area contributed by atoms with Gasteiger partial charge in [-0.2, -0.15) is 0 Å². The molecule has 0 bridgehead atoms. The molecular weight excluding hydrogens is 453 g/mol. The quantitative estimate of drug-likeness (QED) is 0.381. The molecule has 2 aromatic heterocycles. The van der Waals surface area contributed by atoms with E-state index in [0.717, 1.165) is 29.0 Å². The molecule has 4 aromatic rings. The molecule has 164 valence electrons. The molecule has 0 saturated carbocycles. The summed E-state index contributed by atoms with van der Waals surface area (Å²) in [5, 5.41) is 0.346. The van der Waals surface area contributed by atoms with Crippen molar-refractivity contribution < 1.29 is 22.3 Å². The Hall–Kier alpha value is -3.37. The number of nitrogens with zero attached hydrogens (tertiary/aromatic N) is 3. The van der Waals surface area contributed by atoms with E-state index in [1.807, 2.05) is 6.07 Å². The van der Waals surface area contributed by atoms with Gasteiger partial charge in [-0.15, -0.1) is 0 Å². The molecule has 32 heavy (non-hydrogen) atoms. The Morgan fingerprint density at radius 2 is 1.91 bits per heavy atom. The fraction of sp³-hybridized carbons (Fsp3) is 0.136. The first-order valence-electron chi connectivity index (χ1n) is 9.49. The van der Waals surface area contributed by atoms with Gasteiger partial charge >= 0.3 is 0 Å². The predicted molar refractivity (Wildman–Crippen MR) is 120 cm³/mol. The van der Waals surface area contributed by atoms with Crippen molar-refractivity contribution in [1.82, 2.24) is 9.97 Å². The van der Waals surface area contributed by atoms with Crippen molar-refractivity contribution in [3.05, 3.63) is 78.4 Å². The van der Waals surface area contributed by atoms with E-state index in [-0.39, 0.29) is 11.4 Å². The van der Waals surface area contributed by atoms with Crippen LogP contribution in [0.5, 0.6) is 5.75 Å². The maximum Gasteiger partial charge on any atom is 0.244 e. The fourth-order valence-electron chi connectivity index (χ4n) is 3.02. The number of anilines is 1. The number of ether oxygens (including phenoxy) is 1. The summed E-state index contributed by atoms with van der Waals surface area (Å²) in [5.41, 5.74) is 1.21. The van der Waals surface area contributed by atoms with Gasteiger partial charge in [-0.25, -0.2) is 17.8 Å². The molecule has 0 spiro atoms. The van der Waals surface area contributed by atoms with Gasteiger partial charge in [-0.1, -0.05) is 17.4 Å². The lowest BCUT2D eigenvalue weighted by Crippen LogP contribution is -2.35. The molecule has 4 rings (SSSR count). The standard InChI is InChI=1S/C22H18FN3O4S2/c1-30-17-7-10-20-19(12-17)25-22(31-20)26(13-16-4-2-3-11-24-16)21(27)14-32(28,29)18-8-5-15(23)6-9-18/h2-12H,13-14H2,1H3. The van der Waals surface area contributed by atoms with Gasteiger partial charge in [0, 0.05) is 12.3 Å². The number of amides is 1. The molecule has 0 fully saturated rings. The summed E-state index contributed by atoms with van der Waals surface area (Å²) in [7, 11) is -2.44. The van der Waals surface area contributed by atoms with Crippen LogP contribution in [0.25, 0.3) is 10.2 Å². The average molecular weight is 472 g/mol. The maximum absolute atomic E-state index is 13.2. The fourth-order valence-corrected chi connectivity index (χ4v) is 5.18. The summed E-state index contributed by atoms with van der Waals surface area (Å²) in [6, 6.07) is 15.0. The number of carbonyl (C=O) groups is 1. The Morgan fingerprint density at radius 1 is 1.12 bits per heavy atom. The number of aromatic nitrogens is 2. The van der Waals surface area contributed by atoms with Crippen molar-refractivity contribution in [1.29, 1.82) is 0 Å². The maximum atomic E-state index is 13.2. The number of benzene rings is 2. The zero-order chi connectivity index (χ0) is 22.7. The van der Waals surface area contributed by atoms with Crippen LogP contribution in [0.1, 0.15) is 5.69 Å². The van der Waals surface area contributed by atoms with E-state index in [2.05, 4.69) is 9.97 Å². The lowest BCUT2D eigenvalue weighted by atomic mass is 10.3. The molecule has 10 heteroatoms. The van der Waals surface area contributed by atoms with Gasteiger partial charge in [-0.05, 0) is 48.5 Å². The molecule has 2 heterocycles. The van der Waals surface area contributed by atoms with E-state index in [1.54, 1.807) is 43.6 Å². The van der Waals surface area contributed by atoms with Crippen LogP contribution in [0.3, 0.4) is 0 Å². The Balaban J connectivity index is 1.69. The van der Waals surface area contributed by atoms with E-state index >= 15 is 0 Å². The normalized spacial score (nSPS) is 11.4. The summed E-state index contributed by atoms with van der Waals surface area (Å²) in [6.07, 6.45) is 1.59. The van der Waals surface area contributed by atoms with Gasteiger partial charge < -0.3 is 4.74 Å². The molecule has 7 nitrogen and oxygen atoms in total. The van der Waals surface area contributed by atoms with Crippen LogP contribution in [-0.2, 0) is 21.2 Å². The van der Waals surface area contributed by atoms with Crippen molar-refractivity contribution in [3.8, 4) is 5.75 Å². The van der Waals surface area contributed by atoms with E-state index in [1.165, 1.54) is 16.2 Å². The van der Waals surface area contributed by atoms with Crippen LogP contribution in [0.15, 0.2) is 71.8 Å². The predicted octanol–water partition coefficient (Wildman–Crippen LogP) is 3.85. The minimum atomic E-state index is -3.98. The molecule has 1 amide bonds. The number of halogens is 1. The van der Waals surface area contributed by atoms with Gasteiger partial charge in [0.15, 0.2) is 15.0 Å². The number of thiazole rings is 1. The zero-order valence-corrected chi connectivity index (χ0v) is 18.6. The number of sulfone groups is 1. The Labute approximate surface area is 188 Å². The van der Waals surface area contributed by atoms with E-state index in [0.29, 0.717) is 22.1 Å². The summed E-state index contributed by atoms with van der Waals surface area (Å²) < 4.78 is 44.8. The van der Waals surface area contributed by atoms with Gasteiger partial charge in [-0.3, -0.25) is 14.7 Å². The topological polar surface area (TPSA) is 89.5 Å². The molecule has 0 aliphatic carbocycles. The molecule has 0 aliphatic heterocycles. The Morgan fingerprint density at radius 3 is 2.59 bits per heavy atom. The van der Waals surface area contributed by atoms with E-state index < -0.39 is 27.3 Å².